The van der Waals surface area contributed by atoms with Crippen LogP contribution in [0.1, 0.15) is 71.3 Å². The van der Waals surface area contributed by atoms with E-state index < -0.39 is 11.9 Å². The largest absolute Gasteiger partial charge is 0.481 e. The fraction of sp³-hybridized carbons (Fsp3) is 0.351. The maximum Gasteiger partial charge on any atom is 0.317 e. The molecule has 0 amide bonds. The van der Waals surface area contributed by atoms with Crippen LogP contribution < -0.4 is 24.3 Å². The average molecular weight is 756 g/mol. The summed E-state index contributed by atoms with van der Waals surface area (Å²) in [5, 5.41) is 21.1. The van der Waals surface area contributed by atoms with E-state index in [4.69, 9.17) is 40.8 Å². The molecule has 2 aromatic carbocycles. The number of halogens is 1. The lowest BCUT2D eigenvalue weighted by molar-refractivity contribution is -0.137. The van der Waals surface area contributed by atoms with Crippen molar-refractivity contribution in [2.75, 3.05) is 20.8 Å². The number of aliphatic carboxylic acids is 2. The molecule has 51 heavy (non-hydrogen) atoms. The van der Waals surface area contributed by atoms with Gasteiger partial charge in [0.1, 0.15) is 17.2 Å². The predicted octanol–water partition coefficient (Wildman–Crippen LogP) is 6.75. The minimum absolute atomic E-state index is 0. The van der Waals surface area contributed by atoms with Crippen molar-refractivity contribution in [3.05, 3.63) is 93.0 Å². The van der Waals surface area contributed by atoms with Gasteiger partial charge in [-0.3, -0.25) is 9.59 Å². The van der Waals surface area contributed by atoms with Gasteiger partial charge < -0.3 is 34.5 Å². The molecule has 2 atom stereocenters. The fourth-order valence-electron chi connectivity index (χ4n) is 6.76. The number of ether oxygens (including phenoxy) is 4. The smallest absolute Gasteiger partial charge is 0.317 e. The van der Waals surface area contributed by atoms with Gasteiger partial charge in [-0.25, -0.2) is 0 Å². The Kier molecular flexibility index (Phi) is 13.9. The van der Waals surface area contributed by atoms with Gasteiger partial charge in [0.2, 0.25) is 23.5 Å². The summed E-state index contributed by atoms with van der Waals surface area (Å²) < 4.78 is 23.8. The van der Waals surface area contributed by atoms with Crippen LogP contribution in [0.5, 0.6) is 23.5 Å². The normalized spacial score (nSPS) is 15.5. The summed E-state index contributed by atoms with van der Waals surface area (Å²) >= 11 is 6.62. The molecule has 0 bridgehead atoms. The second-order valence-corrected chi connectivity index (χ2v) is 12.5. The molecule has 0 radical (unpaired) electrons. The predicted molar refractivity (Wildman–Crippen MR) is 203 cm³/mol. The summed E-state index contributed by atoms with van der Waals surface area (Å²) in [6.07, 6.45) is 3.83. The van der Waals surface area contributed by atoms with E-state index in [2.05, 4.69) is 51.7 Å². The van der Waals surface area contributed by atoms with E-state index in [1.54, 1.807) is 12.1 Å². The molecule has 6 rings (SSSR count). The molecule has 11 nitrogen and oxygen atoms in total. The number of carboxylic acid groups (broad SMARTS) is 2. The van der Waals surface area contributed by atoms with E-state index in [9.17, 15) is 9.59 Å². The number of aryl methyl sites for hydroxylation is 1. The van der Waals surface area contributed by atoms with Gasteiger partial charge >= 0.3 is 11.9 Å². The van der Waals surface area contributed by atoms with Crippen LogP contribution in [0, 0.1) is 0 Å². The number of fused-ring (bicyclic) bond motifs is 2. The van der Waals surface area contributed by atoms with Crippen molar-refractivity contribution in [2.24, 2.45) is 0 Å². The first-order chi connectivity index (χ1) is 23.7. The fourth-order valence-corrected chi connectivity index (χ4v) is 6.98. The number of pyridine rings is 2. The van der Waals surface area contributed by atoms with Gasteiger partial charge in [0.25, 0.3) is 0 Å². The number of benzene rings is 2. The third-order valence-electron chi connectivity index (χ3n) is 8.95. The van der Waals surface area contributed by atoms with Crippen molar-refractivity contribution in [3.8, 4) is 34.6 Å². The van der Waals surface area contributed by atoms with E-state index in [0.29, 0.717) is 47.9 Å². The standard InChI is InChI=1S/C37H38ClN3O8.2H2S/c1-46-35-21(6-3-11-33(42)43)18-29(38)37(41-35)49-31-16-14-26-24(8-5-10-28(26)31)23-7-4-9-27-25(23)13-15-30(27)48-32-17-12-22(36(40-32)47-2)19-39-20-34(44)45;;/h4-5,7-10,12,17-18,30-31,39H,3,6,11,13-16,19-20H2,1-2H3,(H,42,43)(H,44,45);2*1H2/t30-,31-;;/m0../s1. The molecule has 0 spiro atoms. The van der Waals surface area contributed by atoms with Gasteiger partial charge in [-0.1, -0.05) is 48.0 Å². The van der Waals surface area contributed by atoms with Crippen molar-refractivity contribution in [3.63, 3.8) is 0 Å². The van der Waals surface area contributed by atoms with Gasteiger partial charge in [-0.2, -0.15) is 37.0 Å². The Morgan fingerprint density at radius 3 is 2.00 bits per heavy atom. The Morgan fingerprint density at radius 2 is 1.41 bits per heavy atom. The minimum atomic E-state index is -0.933. The van der Waals surface area contributed by atoms with Crippen LogP contribution in [0.15, 0.2) is 54.6 Å². The minimum Gasteiger partial charge on any atom is -0.481 e. The van der Waals surface area contributed by atoms with Gasteiger partial charge in [-0.15, -0.1) is 0 Å². The molecule has 272 valence electrons. The molecule has 0 saturated heterocycles. The van der Waals surface area contributed by atoms with Crippen molar-refractivity contribution in [2.45, 2.75) is 63.7 Å². The Morgan fingerprint density at radius 1 is 0.804 bits per heavy atom. The number of nitrogens with one attached hydrogen (secondary N) is 1. The number of hydrogen-bond donors (Lipinski definition) is 3. The second kappa shape index (κ2) is 17.9. The molecule has 0 saturated carbocycles. The summed E-state index contributed by atoms with van der Waals surface area (Å²) in [5.74, 6) is -0.278. The van der Waals surface area contributed by atoms with Gasteiger partial charge in [-0.05, 0) is 84.0 Å². The number of rotatable bonds is 15. The second-order valence-electron chi connectivity index (χ2n) is 12.0. The zero-order valence-electron chi connectivity index (χ0n) is 28.3. The Bertz CT molecular complexity index is 1880. The van der Waals surface area contributed by atoms with Gasteiger partial charge in [0, 0.05) is 30.2 Å². The number of carboxylic acids is 2. The average Bonchev–Trinajstić information content (AvgIpc) is 3.70. The first kappa shape index (κ1) is 39.6. The van der Waals surface area contributed by atoms with Crippen LogP contribution in [0.3, 0.4) is 0 Å². The van der Waals surface area contributed by atoms with Gasteiger partial charge in [0.05, 0.1) is 20.8 Å². The molecule has 2 aliphatic rings. The van der Waals surface area contributed by atoms with E-state index in [0.717, 1.165) is 47.9 Å². The SMILES string of the molecule is COc1nc(O[C@H]2CCc3c(-c4cccc5c4CC[C@@H]5Oc4nc(OC)c(CCCC(=O)O)cc4Cl)cccc32)ccc1CNCC(=O)O.S.S. The highest BCUT2D eigenvalue weighted by Crippen LogP contribution is 2.45. The lowest BCUT2D eigenvalue weighted by atomic mass is 9.91. The summed E-state index contributed by atoms with van der Waals surface area (Å²) in [7, 11) is 3.06. The Balaban J connectivity index is 0.00000292. The first-order valence-corrected chi connectivity index (χ1v) is 16.6. The quantitative estimate of drug-likeness (QED) is 0.118. The molecule has 4 aromatic rings. The Labute approximate surface area is 315 Å². The molecule has 14 heteroatoms. The van der Waals surface area contributed by atoms with Crippen molar-refractivity contribution in [1.29, 1.82) is 0 Å². The van der Waals surface area contributed by atoms with Crippen molar-refractivity contribution < 1.29 is 38.7 Å². The molecular weight excluding hydrogens is 714 g/mol. The Hall–Kier alpha value is -4.17. The molecule has 3 N–H and O–H groups in total. The van der Waals surface area contributed by atoms with E-state index in [-0.39, 0.29) is 52.2 Å². The molecule has 0 unspecified atom stereocenters. The molecule has 2 aliphatic carbocycles. The zero-order valence-corrected chi connectivity index (χ0v) is 31.1. The van der Waals surface area contributed by atoms with Gasteiger partial charge in [0.15, 0.2) is 0 Å². The maximum absolute atomic E-state index is 11.0. The maximum atomic E-state index is 11.0. The summed E-state index contributed by atoms with van der Waals surface area (Å²) in [4.78, 5) is 30.9. The lowest BCUT2D eigenvalue weighted by Crippen LogP contribution is -2.22. The molecule has 2 heterocycles. The lowest BCUT2D eigenvalue weighted by Gasteiger charge is -2.19. The highest BCUT2D eigenvalue weighted by Gasteiger charge is 2.31. The van der Waals surface area contributed by atoms with Crippen LogP contribution in [0.25, 0.3) is 11.1 Å². The molecular formula is C37H42ClN3O8S2. The number of nitrogens with zero attached hydrogens (tertiary/aromatic N) is 2. The number of hydrogen-bond acceptors (Lipinski definition) is 9. The highest BCUT2D eigenvalue weighted by molar-refractivity contribution is 7.59. The summed E-state index contributed by atoms with van der Waals surface area (Å²) in [6, 6.07) is 18.0. The summed E-state index contributed by atoms with van der Waals surface area (Å²) in [5.41, 5.74) is 8.54. The number of methoxy groups -OCH3 is 2. The molecule has 2 aromatic heterocycles. The van der Waals surface area contributed by atoms with Crippen LogP contribution in [-0.4, -0.2) is 52.9 Å². The first-order valence-electron chi connectivity index (χ1n) is 16.2. The van der Waals surface area contributed by atoms with Crippen LogP contribution in [0.2, 0.25) is 5.02 Å². The zero-order chi connectivity index (χ0) is 34.5. The van der Waals surface area contributed by atoms with E-state index >= 15 is 0 Å². The van der Waals surface area contributed by atoms with Crippen LogP contribution >= 0.6 is 38.6 Å². The topological polar surface area (TPSA) is 149 Å². The third kappa shape index (κ3) is 9.01. The summed E-state index contributed by atoms with van der Waals surface area (Å²) in [6.45, 7) is 0.153. The van der Waals surface area contributed by atoms with Crippen molar-refractivity contribution >= 4 is 50.5 Å². The third-order valence-corrected chi connectivity index (χ3v) is 9.22. The van der Waals surface area contributed by atoms with Crippen LogP contribution in [0.4, 0.5) is 0 Å². The highest BCUT2D eigenvalue weighted by atomic mass is 35.5. The monoisotopic (exact) mass is 755 g/mol. The van der Waals surface area contributed by atoms with E-state index in [1.807, 2.05) is 6.07 Å². The molecule has 0 aliphatic heterocycles. The number of carbonyl (C=O) groups is 2. The van der Waals surface area contributed by atoms with Crippen LogP contribution in [-0.2, 0) is 35.4 Å². The molecule has 0 fully saturated rings. The van der Waals surface area contributed by atoms with E-state index in [1.165, 1.54) is 36.5 Å². The number of aromatic nitrogens is 2. The van der Waals surface area contributed by atoms with Crippen molar-refractivity contribution in [1.82, 2.24) is 15.3 Å².